The number of para-hydroxylation sites is 2. The highest BCUT2D eigenvalue weighted by molar-refractivity contribution is 5.90. The number of benzene rings is 2. The molecule has 0 aliphatic rings. The summed E-state index contributed by atoms with van der Waals surface area (Å²) in [4.78, 5) is 13.4. The van der Waals surface area contributed by atoms with Crippen LogP contribution in [-0.2, 0) is 6.54 Å². The summed E-state index contributed by atoms with van der Waals surface area (Å²) in [6, 6.07) is 9.80. The van der Waals surface area contributed by atoms with Gasteiger partial charge in [-0.05, 0) is 18.2 Å². The van der Waals surface area contributed by atoms with Crippen LogP contribution in [0.4, 0.5) is 19.3 Å². The van der Waals surface area contributed by atoms with Crippen molar-refractivity contribution in [1.29, 1.82) is 0 Å². The highest BCUT2D eigenvalue weighted by Gasteiger charge is 2.14. The smallest absolute Gasteiger partial charge is 0.321 e. The molecule has 6 heteroatoms. The summed E-state index contributed by atoms with van der Waals surface area (Å²) in [5.74, 6) is -0.809. The number of hydrogen-bond acceptors (Lipinski definition) is 2. The highest BCUT2D eigenvalue weighted by Crippen LogP contribution is 2.23. The Kier molecular flexibility index (Phi) is 4.93. The SMILES string of the molecule is COc1ccccc1NC(=O)N(C)Cc1ccc(F)cc1F. The molecule has 2 aromatic carbocycles. The van der Waals surface area contributed by atoms with Gasteiger partial charge in [0.25, 0.3) is 0 Å². The lowest BCUT2D eigenvalue weighted by Gasteiger charge is -2.19. The van der Waals surface area contributed by atoms with Crippen LogP contribution in [0.2, 0.25) is 0 Å². The number of urea groups is 1. The zero-order valence-electron chi connectivity index (χ0n) is 12.3. The Morgan fingerprint density at radius 3 is 2.64 bits per heavy atom. The van der Waals surface area contributed by atoms with E-state index in [4.69, 9.17) is 4.74 Å². The van der Waals surface area contributed by atoms with Crippen molar-refractivity contribution >= 4 is 11.7 Å². The Balaban J connectivity index is 2.06. The van der Waals surface area contributed by atoms with E-state index in [1.165, 1.54) is 25.1 Å². The number of ether oxygens (including phenoxy) is 1. The summed E-state index contributed by atoms with van der Waals surface area (Å²) in [6.45, 7) is 0.0209. The number of amides is 2. The van der Waals surface area contributed by atoms with Gasteiger partial charge in [0.05, 0.1) is 12.8 Å². The van der Waals surface area contributed by atoms with Crippen LogP contribution in [-0.4, -0.2) is 25.1 Å². The third-order valence-corrected chi connectivity index (χ3v) is 3.12. The molecule has 22 heavy (non-hydrogen) atoms. The first-order valence-corrected chi connectivity index (χ1v) is 6.60. The molecule has 0 heterocycles. The molecular weight excluding hydrogens is 290 g/mol. The molecule has 116 valence electrons. The Bertz CT molecular complexity index is 677. The van der Waals surface area contributed by atoms with Crippen LogP contribution in [0.15, 0.2) is 42.5 Å². The van der Waals surface area contributed by atoms with E-state index in [0.29, 0.717) is 11.4 Å². The summed E-state index contributed by atoms with van der Waals surface area (Å²) in [5, 5.41) is 2.68. The van der Waals surface area contributed by atoms with Gasteiger partial charge in [-0.3, -0.25) is 0 Å². The zero-order valence-corrected chi connectivity index (χ0v) is 12.3. The minimum atomic E-state index is -0.683. The minimum Gasteiger partial charge on any atom is -0.495 e. The summed E-state index contributed by atoms with van der Waals surface area (Å²) < 4.78 is 31.6. The van der Waals surface area contributed by atoms with Crippen LogP contribution in [0.3, 0.4) is 0 Å². The predicted molar refractivity (Wildman–Crippen MR) is 79.8 cm³/mol. The molecule has 1 N–H and O–H groups in total. The highest BCUT2D eigenvalue weighted by atomic mass is 19.1. The number of rotatable bonds is 4. The van der Waals surface area contributed by atoms with Crippen molar-refractivity contribution < 1.29 is 18.3 Å². The van der Waals surface area contributed by atoms with Gasteiger partial charge >= 0.3 is 6.03 Å². The zero-order chi connectivity index (χ0) is 16.1. The number of nitrogens with zero attached hydrogens (tertiary/aromatic N) is 1. The maximum atomic E-state index is 13.6. The van der Waals surface area contributed by atoms with Crippen LogP contribution >= 0.6 is 0 Å². The average Bonchev–Trinajstić information content (AvgIpc) is 2.50. The number of anilines is 1. The van der Waals surface area contributed by atoms with Crippen molar-refractivity contribution in [2.24, 2.45) is 0 Å². The lowest BCUT2D eigenvalue weighted by Crippen LogP contribution is -2.31. The number of methoxy groups -OCH3 is 1. The molecule has 0 bridgehead atoms. The number of carbonyl (C=O) groups is 1. The first-order valence-electron chi connectivity index (χ1n) is 6.60. The van der Waals surface area contributed by atoms with Gasteiger partial charge < -0.3 is 15.0 Å². The fourth-order valence-corrected chi connectivity index (χ4v) is 1.94. The molecule has 4 nitrogen and oxygen atoms in total. The van der Waals surface area contributed by atoms with E-state index < -0.39 is 17.7 Å². The lowest BCUT2D eigenvalue weighted by atomic mass is 10.2. The van der Waals surface area contributed by atoms with Crippen LogP contribution in [0.5, 0.6) is 5.75 Å². The maximum absolute atomic E-state index is 13.6. The topological polar surface area (TPSA) is 41.6 Å². The van der Waals surface area contributed by atoms with E-state index in [-0.39, 0.29) is 12.1 Å². The van der Waals surface area contributed by atoms with Gasteiger partial charge in [0.15, 0.2) is 0 Å². The van der Waals surface area contributed by atoms with Crippen molar-refractivity contribution in [1.82, 2.24) is 4.90 Å². The molecule has 0 aliphatic heterocycles. The van der Waals surface area contributed by atoms with Gasteiger partial charge in [-0.15, -0.1) is 0 Å². The monoisotopic (exact) mass is 306 g/mol. The van der Waals surface area contributed by atoms with Gasteiger partial charge in [-0.2, -0.15) is 0 Å². The fraction of sp³-hybridized carbons (Fsp3) is 0.188. The van der Waals surface area contributed by atoms with E-state index in [1.807, 2.05) is 0 Å². The molecule has 0 aromatic heterocycles. The largest absolute Gasteiger partial charge is 0.495 e. The molecule has 0 radical (unpaired) electrons. The molecule has 2 amide bonds. The second kappa shape index (κ2) is 6.89. The molecule has 2 aromatic rings. The van der Waals surface area contributed by atoms with Gasteiger partial charge in [0.1, 0.15) is 17.4 Å². The predicted octanol–water partition coefficient (Wildman–Crippen LogP) is 3.64. The maximum Gasteiger partial charge on any atom is 0.321 e. The number of halogens is 2. The van der Waals surface area contributed by atoms with E-state index in [9.17, 15) is 13.6 Å². The summed E-state index contributed by atoms with van der Waals surface area (Å²) in [6.07, 6.45) is 0. The molecule has 0 aliphatic carbocycles. The van der Waals surface area contributed by atoms with Crippen molar-refractivity contribution in [3.05, 3.63) is 59.7 Å². The van der Waals surface area contributed by atoms with Crippen molar-refractivity contribution in [3.8, 4) is 5.75 Å². The second-order valence-corrected chi connectivity index (χ2v) is 4.72. The second-order valence-electron chi connectivity index (χ2n) is 4.72. The molecule has 0 unspecified atom stereocenters. The van der Waals surface area contributed by atoms with Crippen molar-refractivity contribution in [2.75, 3.05) is 19.5 Å². The Morgan fingerprint density at radius 1 is 1.23 bits per heavy atom. The quantitative estimate of drug-likeness (QED) is 0.937. The van der Waals surface area contributed by atoms with E-state index >= 15 is 0 Å². The molecule has 0 atom stereocenters. The van der Waals surface area contributed by atoms with Crippen LogP contribution in [0.25, 0.3) is 0 Å². The van der Waals surface area contributed by atoms with Crippen LogP contribution in [0.1, 0.15) is 5.56 Å². The van der Waals surface area contributed by atoms with Gasteiger partial charge in [0, 0.05) is 25.2 Å². The number of nitrogens with one attached hydrogen (secondary N) is 1. The third-order valence-electron chi connectivity index (χ3n) is 3.12. The van der Waals surface area contributed by atoms with Crippen molar-refractivity contribution in [2.45, 2.75) is 6.54 Å². The summed E-state index contributed by atoms with van der Waals surface area (Å²) in [5.41, 5.74) is 0.750. The fourth-order valence-electron chi connectivity index (χ4n) is 1.94. The molecule has 0 saturated carbocycles. The minimum absolute atomic E-state index is 0.0209. The molecular formula is C16H16F2N2O2. The Hall–Kier alpha value is -2.63. The van der Waals surface area contributed by atoms with Gasteiger partial charge in [-0.1, -0.05) is 18.2 Å². The van der Waals surface area contributed by atoms with E-state index in [0.717, 1.165) is 12.1 Å². The molecule has 2 rings (SSSR count). The van der Waals surface area contributed by atoms with Crippen LogP contribution in [0, 0.1) is 11.6 Å². The normalized spacial score (nSPS) is 10.2. The first kappa shape index (κ1) is 15.8. The first-order chi connectivity index (χ1) is 10.5. The average molecular weight is 306 g/mol. The van der Waals surface area contributed by atoms with Gasteiger partial charge in [0.2, 0.25) is 0 Å². The molecule has 0 fully saturated rings. The molecule has 0 saturated heterocycles. The Morgan fingerprint density at radius 2 is 1.95 bits per heavy atom. The van der Waals surface area contributed by atoms with E-state index in [1.54, 1.807) is 24.3 Å². The lowest BCUT2D eigenvalue weighted by molar-refractivity contribution is 0.220. The van der Waals surface area contributed by atoms with E-state index in [2.05, 4.69) is 5.32 Å². The summed E-state index contributed by atoms with van der Waals surface area (Å²) >= 11 is 0. The van der Waals surface area contributed by atoms with Gasteiger partial charge in [-0.25, -0.2) is 13.6 Å². The third kappa shape index (κ3) is 3.72. The molecule has 0 spiro atoms. The number of hydrogen-bond donors (Lipinski definition) is 1. The Labute approximate surface area is 127 Å². The standard InChI is InChI=1S/C16H16F2N2O2/c1-20(10-11-7-8-12(17)9-13(11)18)16(21)19-14-5-3-4-6-15(14)22-2/h3-9H,10H2,1-2H3,(H,19,21). The summed E-state index contributed by atoms with van der Waals surface area (Å²) in [7, 11) is 3.02. The van der Waals surface area contributed by atoms with Crippen LogP contribution < -0.4 is 10.1 Å². The van der Waals surface area contributed by atoms with Crippen molar-refractivity contribution in [3.63, 3.8) is 0 Å². The number of carbonyl (C=O) groups excluding carboxylic acids is 1.